The van der Waals surface area contributed by atoms with Crippen LogP contribution in [0.4, 0.5) is 0 Å². The summed E-state index contributed by atoms with van der Waals surface area (Å²) in [4.78, 5) is 12.3. The lowest BCUT2D eigenvalue weighted by molar-refractivity contribution is -0.177. The number of aryl methyl sites for hydroxylation is 1. The van der Waals surface area contributed by atoms with E-state index >= 15 is 0 Å². The summed E-state index contributed by atoms with van der Waals surface area (Å²) in [6, 6.07) is 15.2. The van der Waals surface area contributed by atoms with Gasteiger partial charge in [0.2, 0.25) is 5.60 Å². The largest absolute Gasteiger partial charge is 0.489 e. The van der Waals surface area contributed by atoms with Crippen molar-refractivity contribution >= 4 is 5.97 Å². The minimum atomic E-state index is -1.52. The lowest BCUT2D eigenvalue weighted by Gasteiger charge is -2.30. The number of hydrogen-bond donors (Lipinski definition) is 1. The molecule has 25 heavy (non-hydrogen) atoms. The average Bonchev–Trinajstić information content (AvgIpc) is 2.65. The fraction of sp³-hybridized carbons (Fsp3) is 0.350. The number of methoxy groups -OCH3 is 1. The Bertz CT molecular complexity index is 698. The van der Waals surface area contributed by atoms with Crippen LogP contribution in [-0.4, -0.2) is 31.4 Å². The van der Waals surface area contributed by atoms with Crippen LogP contribution in [0, 0.1) is 6.92 Å². The normalized spacial score (nSPS) is 13.1. The molecule has 1 N–H and O–H groups in total. The second-order valence-electron chi connectivity index (χ2n) is 5.66. The maximum Gasteiger partial charge on any atom is 0.345 e. The maximum absolute atomic E-state index is 12.3. The highest BCUT2D eigenvalue weighted by molar-refractivity contribution is 5.82. The predicted octanol–water partition coefficient (Wildman–Crippen LogP) is 2.97. The van der Waals surface area contributed by atoms with Crippen LogP contribution in [-0.2, 0) is 26.5 Å². The average molecular weight is 344 g/mol. The number of hydrogen-bond acceptors (Lipinski definition) is 5. The van der Waals surface area contributed by atoms with Gasteiger partial charge in [-0.25, -0.2) is 4.79 Å². The van der Waals surface area contributed by atoms with E-state index in [0.29, 0.717) is 17.9 Å². The Morgan fingerprint density at radius 3 is 2.44 bits per heavy atom. The monoisotopic (exact) mass is 344 g/mol. The van der Waals surface area contributed by atoms with Gasteiger partial charge in [0.1, 0.15) is 12.4 Å². The van der Waals surface area contributed by atoms with E-state index in [-0.39, 0.29) is 6.61 Å². The van der Waals surface area contributed by atoms with Gasteiger partial charge in [0.15, 0.2) is 0 Å². The minimum Gasteiger partial charge on any atom is -0.489 e. The number of ether oxygens (including phenoxy) is 3. The molecule has 2 aromatic carbocycles. The van der Waals surface area contributed by atoms with Gasteiger partial charge in [-0.2, -0.15) is 0 Å². The quantitative estimate of drug-likeness (QED) is 0.746. The lowest BCUT2D eigenvalue weighted by Crippen LogP contribution is -2.44. The van der Waals surface area contributed by atoms with Crippen molar-refractivity contribution in [2.75, 3.05) is 20.3 Å². The number of carbonyl (C=O) groups is 1. The molecular weight excluding hydrogens is 320 g/mol. The zero-order valence-electron chi connectivity index (χ0n) is 14.8. The molecule has 0 bridgehead atoms. The first kappa shape index (κ1) is 19.0. The molecule has 0 fully saturated rings. The first-order valence-electron chi connectivity index (χ1n) is 8.18. The third-order valence-corrected chi connectivity index (χ3v) is 4.01. The van der Waals surface area contributed by atoms with Crippen molar-refractivity contribution in [1.82, 2.24) is 0 Å². The molecule has 1 atom stereocenters. The molecule has 0 amide bonds. The Labute approximate surface area is 148 Å². The van der Waals surface area contributed by atoms with Crippen LogP contribution in [0.15, 0.2) is 48.5 Å². The highest BCUT2D eigenvalue weighted by atomic mass is 16.6. The molecule has 0 saturated carbocycles. The van der Waals surface area contributed by atoms with Gasteiger partial charge >= 0.3 is 5.97 Å². The molecule has 5 heteroatoms. The first-order valence-corrected chi connectivity index (χ1v) is 8.18. The van der Waals surface area contributed by atoms with E-state index in [0.717, 1.165) is 11.1 Å². The summed E-state index contributed by atoms with van der Waals surface area (Å²) in [6.45, 7) is 3.82. The highest BCUT2D eigenvalue weighted by Crippen LogP contribution is 2.32. The third kappa shape index (κ3) is 4.18. The van der Waals surface area contributed by atoms with Gasteiger partial charge in [-0.05, 0) is 37.1 Å². The Morgan fingerprint density at radius 1 is 1.16 bits per heavy atom. The van der Waals surface area contributed by atoms with E-state index in [1.54, 1.807) is 19.1 Å². The molecule has 0 spiro atoms. The van der Waals surface area contributed by atoms with Crippen molar-refractivity contribution in [3.8, 4) is 5.75 Å². The summed E-state index contributed by atoms with van der Waals surface area (Å²) < 4.78 is 16.3. The summed E-state index contributed by atoms with van der Waals surface area (Å²) in [5.41, 5.74) is 0.887. The minimum absolute atomic E-state index is 0.265. The molecule has 0 radical (unpaired) electrons. The second-order valence-corrected chi connectivity index (χ2v) is 5.66. The molecule has 1 unspecified atom stereocenters. The Balaban J connectivity index is 2.26. The topological polar surface area (TPSA) is 65.0 Å². The van der Waals surface area contributed by atoms with Crippen LogP contribution in [0.1, 0.15) is 23.6 Å². The van der Waals surface area contributed by atoms with E-state index in [2.05, 4.69) is 0 Å². The van der Waals surface area contributed by atoms with E-state index < -0.39 is 18.2 Å². The number of esters is 1. The van der Waals surface area contributed by atoms with Gasteiger partial charge < -0.3 is 19.3 Å². The van der Waals surface area contributed by atoms with E-state index in [4.69, 9.17) is 14.2 Å². The molecule has 0 heterocycles. The fourth-order valence-electron chi connectivity index (χ4n) is 2.77. The van der Waals surface area contributed by atoms with E-state index in [1.807, 2.05) is 43.3 Å². The summed E-state index contributed by atoms with van der Waals surface area (Å²) in [5.74, 6) is 0.0520. The van der Waals surface area contributed by atoms with Crippen molar-refractivity contribution in [2.45, 2.75) is 26.1 Å². The number of carbonyl (C=O) groups excluding carboxylic acids is 1. The number of rotatable bonds is 8. The molecule has 5 nitrogen and oxygen atoms in total. The Morgan fingerprint density at radius 2 is 1.88 bits per heavy atom. The van der Waals surface area contributed by atoms with Crippen LogP contribution < -0.4 is 4.74 Å². The fourth-order valence-corrected chi connectivity index (χ4v) is 2.77. The van der Waals surface area contributed by atoms with Gasteiger partial charge in [-0.15, -0.1) is 0 Å². The molecular formula is C20H24O5. The zero-order valence-corrected chi connectivity index (χ0v) is 14.8. The van der Waals surface area contributed by atoms with Crippen LogP contribution in [0.25, 0.3) is 0 Å². The summed E-state index contributed by atoms with van der Waals surface area (Å²) in [7, 11) is 1.28. The zero-order chi connectivity index (χ0) is 18.3. The third-order valence-electron chi connectivity index (χ3n) is 4.01. The molecule has 134 valence electrons. The molecule has 0 saturated heterocycles. The molecule has 2 rings (SSSR count). The van der Waals surface area contributed by atoms with Gasteiger partial charge in [0.05, 0.1) is 13.7 Å². The summed E-state index contributed by atoms with van der Waals surface area (Å²) >= 11 is 0. The predicted molar refractivity (Wildman–Crippen MR) is 94.4 cm³/mol. The van der Waals surface area contributed by atoms with Crippen molar-refractivity contribution in [1.29, 1.82) is 0 Å². The van der Waals surface area contributed by atoms with Crippen molar-refractivity contribution in [2.24, 2.45) is 0 Å². The lowest BCUT2D eigenvalue weighted by atomic mass is 9.90. The molecule has 0 aliphatic carbocycles. The molecule has 0 aromatic heterocycles. The van der Waals surface area contributed by atoms with E-state index in [9.17, 15) is 9.90 Å². The molecule has 0 aliphatic heterocycles. The number of aliphatic hydroxyl groups excluding tert-OH is 1. The summed E-state index contributed by atoms with van der Waals surface area (Å²) in [5, 5.41) is 9.85. The van der Waals surface area contributed by atoms with Gasteiger partial charge in [-0.3, -0.25) is 0 Å². The van der Waals surface area contributed by atoms with Gasteiger partial charge in [0, 0.05) is 12.2 Å². The standard InChI is InChI=1S/C20H24O5/c1-4-25-20(14-21,19(22)23-3)18-11-10-17(12-15(18)2)24-13-16-8-6-5-7-9-16/h5-12,21H,4,13-14H2,1-3H3. The van der Waals surface area contributed by atoms with Gasteiger partial charge in [-0.1, -0.05) is 36.4 Å². The Kier molecular flexibility index (Phi) is 6.56. The van der Waals surface area contributed by atoms with Crippen molar-refractivity contribution in [3.63, 3.8) is 0 Å². The van der Waals surface area contributed by atoms with Crippen LogP contribution in [0.2, 0.25) is 0 Å². The number of benzene rings is 2. The molecule has 0 aliphatic rings. The van der Waals surface area contributed by atoms with Crippen LogP contribution in [0.5, 0.6) is 5.75 Å². The SMILES string of the molecule is CCOC(CO)(C(=O)OC)c1ccc(OCc2ccccc2)cc1C. The Hall–Kier alpha value is -2.37. The first-order chi connectivity index (χ1) is 12.1. The maximum atomic E-state index is 12.3. The van der Waals surface area contributed by atoms with E-state index in [1.165, 1.54) is 7.11 Å². The molecule has 2 aromatic rings. The van der Waals surface area contributed by atoms with Gasteiger partial charge in [0.25, 0.3) is 0 Å². The second kappa shape index (κ2) is 8.65. The smallest absolute Gasteiger partial charge is 0.345 e. The number of aliphatic hydroxyl groups is 1. The highest BCUT2D eigenvalue weighted by Gasteiger charge is 2.43. The van der Waals surface area contributed by atoms with Crippen molar-refractivity contribution in [3.05, 3.63) is 65.2 Å². The van der Waals surface area contributed by atoms with Crippen molar-refractivity contribution < 1.29 is 24.1 Å². The summed E-state index contributed by atoms with van der Waals surface area (Å²) in [6.07, 6.45) is 0. The van der Waals surface area contributed by atoms with Crippen LogP contribution in [0.3, 0.4) is 0 Å². The van der Waals surface area contributed by atoms with Crippen LogP contribution >= 0.6 is 0 Å².